The molecule has 138 valence electrons. The van der Waals surface area contributed by atoms with Gasteiger partial charge in [-0.25, -0.2) is 0 Å². The number of benzene rings is 1. The molecule has 1 saturated carbocycles. The predicted octanol–water partition coefficient (Wildman–Crippen LogP) is 2.57. The summed E-state index contributed by atoms with van der Waals surface area (Å²) in [6.07, 6.45) is 6.17. The summed E-state index contributed by atoms with van der Waals surface area (Å²) >= 11 is 0. The van der Waals surface area contributed by atoms with Crippen molar-refractivity contribution in [2.24, 2.45) is 5.73 Å². The normalized spacial score (nSPS) is 17.3. The van der Waals surface area contributed by atoms with Crippen molar-refractivity contribution in [1.82, 2.24) is 4.98 Å². The van der Waals surface area contributed by atoms with Crippen LogP contribution in [-0.2, 0) is 6.42 Å². The summed E-state index contributed by atoms with van der Waals surface area (Å²) in [7, 11) is 0. The van der Waals surface area contributed by atoms with Gasteiger partial charge in [0.2, 0.25) is 0 Å². The van der Waals surface area contributed by atoms with Gasteiger partial charge in [0.1, 0.15) is 11.3 Å². The number of hydrogen-bond donors (Lipinski definition) is 2. The number of Topliss-reactive ketones (excluding diaryl/α,β-unsaturated/α-hetero) is 1. The van der Waals surface area contributed by atoms with Gasteiger partial charge in [0, 0.05) is 29.7 Å². The van der Waals surface area contributed by atoms with E-state index < -0.39 is 5.60 Å². The molecule has 4 rings (SSSR count). The van der Waals surface area contributed by atoms with Crippen molar-refractivity contribution in [2.75, 3.05) is 18.0 Å². The third kappa shape index (κ3) is 3.59. The van der Waals surface area contributed by atoms with E-state index in [0.29, 0.717) is 5.69 Å². The SMILES string of the molecule is NCC(=O)c1cc(N2CCc3ccc(C#CC4(O)CCCC4)cc32)ccn1. The van der Waals surface area contributed by atoms with Crippen LogP contribution in [0.15, 0.2) is 36.5 Å². The van der Waals surface area contributed by atoms with Crippen LogP contribution >= 0.6 is 0 Å². The van der Waals surface area contributed by atoms with Crippen molar-refractivity contribution in [1.29, 1.82) is 0 Å². The van der Waals surface area contributed by atoms with Crippen molar-refractivity contribution < 1.29 is 9.90 Å². The molecule has 0 atom stereocenters. The number of anilines is 2. The molecule has 1 aromatic heterocycles. The fourth-order valence-corrected chi connectivity index (χ4v) is 3.84. The minimum Gasteiger partial charge on any atom is -0.378 e. The first kappa shape index (κ1) is 17.7. The third-order valence-electron chi connectivity index (χ3n) is 5.38. The van der Waals surface area contributed by atoms with Crippen LogP contribution in [-0.4, -0.2) is 34.6 Å². The second-order valence-corrected chi connectivity index (χ2v) is 7.26. The van der Waals surface area contributed by atoms with Crippen LogP contribution in [0.1, 0.15) is 47.3 Å². The van der Waals surface area contributed by atoms with E-state index >= 15 is 0 Å². The number of fused-ring (bicyclic) bond motifs is 1. The number of hydrogen-bond acceptors (Lipinski definition) is 5. The van der Waals surface area contributed by atoms with E-state index in [1.165, 1.54) is 5.56 Å². The molecule has 0 amide bonds. The van der Waals surface area contributed by atoms with Gasteiger partial charge in [0.25, 0.3) is 0 Å². The average Bonchev–Trinajstić information content (AvgIpc) is 3.32. The molecule has 1 aliphatic carbocycles. The Morgan fingerprint density at radius 1 is 1.26 bits per heavy atom. The zero-order valence-electron chi connectivity index (χ0n) is 15.2. The highest BCUT2D eigenvalue weighted by Gasteiger charge is 2.28. The summed E-state index contributed by atoms with van der Waals surface area (Å²) < 4.78 is 0. The number of carbonyl (C=O) groups is 1. The molecule has 5 nitrogen and oxygen atoms in total. The Morgan fingerprint density at radius 3 is 2.85 bits per heavy atom. The minimum atomic E-state index is -0.832. The molecule has 0 bridgehead atoms. The smallest absolute Gasteiger partial charge is 0.194 e. The first-order valence-corrected chi connectivity index (χ1v) is 9.43. The Balaban J connectivity index is 1.64. The van der Waals surface area contributed by atoms with Gasteiger partial charge in [0.15, 0.2) is 5.78 Å². The van der Waals surface area contributed by atoms with Gasteiger partial charge in [0.05, 0.1) is 6.54 Å². The van der Waals surface area contributed by atoms with E-state index in [0.717, 1.165) is 55.6 Å². The van der Waals surface area contributed by atoms with Crippen LogP contribution in [0.5, 0.6) is 0 Å². The zero-order chi connectivity index (χ0) is 18.9. The highest BCUT2D eigenvalue weighted by molar-refractivity contribution is 5.96. The maximum Gasteiger partial charge on any atom is 0.194 e. The number of carbonyl (C=O) groups excluding carboxylic acids is 1. The van der Waals surface area contributed by atoms with E-state index in [-0.39, 0.29) is 12.3 Å². The molecule has 0 radical (unpaired) electrons. The quantitative estimate of drug-likeness (QED) is 0.649. The Hall–Kier alpha value is -2.68. The van der Waals surface area contributed by atoms with E-state index in [4.69, 9.17) is 5.73 Å². The number of nitrogens with two attached hydrogens (primary N) is 1. The molecule has 1 aliphatic heterocycles. The molecular weight excluding hydrogens is 338 g/mol. The monoisotopic (exact) mass is 361 g/mol. The number of rotatable bonds is 3. The molecule has 5 heteroatoms. The number of nitrogens with zero attached hydrogens (tertiary/aromatic N) is 2. The summed E-state index contributed by atoms with van der Waals surface area (Å²) in [4.78, 5) is 18.2. The lowest BCUT2D eigenvalue weighted by atomic mass is 10.0. The van der Waals surface area contributed by atoms with Gasteiger partial charge in [-0.3, -0.25) is 9.78 Å². The molecule has 1 aromatic carbocycles. The first-order valence-electron chi connectivity index (χ1n) is 9.43. The molecule has 0 saturated heterocycles. The lowest BCUT2D eigenvalue weighted by molar-refractivity contribution is 0.0996. The summed E-state index contributed by atoms with van der Waals surface area (Å²) in [6.45, 7) is 0.798. The lowest BCUT2D eigenvalue weighted by Crippen LogP contribution is -2.20. The Labute approximate surface area is 159 Å². The van der Waals surface area contributed by atoms with Gasteiger partial charge >= 0.3 is 0 Å². The van der Waals surface area contributed by atoms with Gasteiger partial charge in [-0.2, -0.15) is 0 Å². The summed E-state index contributed by atoms with van der Waals surface area (Å²) in [5.74, 6) is 6.06. The Bertz CT molecular complexity index is 936. The zero-order valence-corrected chi connectivity index (χ0v) is 15.2. The second kappa shape index (κ2) is 7.15. The number of pyridine rings is 1. The van der Waals surface area contributed by atoms with Crippen LogP contribution in [0.4, 0.5) is 11.4 Å². The van der Waals surface area contributed by atoms with Crippen LogP contribution in [0.3, 0.4) is 0 Å². The number of aliphatic hydroxyl groups is 1. The molecule has 3 N–H and O–H groups in total. The molecule has 27 heavy (non-hydrogen) atoms. The fraction of sp³-hybridized carbons (Fsp3) is 0.364. The molecule has 2 aromatic rings. The summed E-state index contributed by atoms with van der Waals surface area (Å²) in [5.41, 5.74) is 9.20. The molecule has 0 unspecified atom stereocenters. The molecule has 2 heterocycles. The van der Waals surface area contributed by atoms with E-state index in [2.05, 4.69) is 33.9 Å². The number of ketones is 1. The van der Waals surface area contributed by atoms with Crippen LogP contribution < -0.4 is 10.6 Å². The standard InChI is InChI=1S/C22H23N3O2/c23-15-21(26)19-14-18(6-11-24-19)25-12-7-17-4-3-16(13-20(17)25)5-10-22(27)8-1-2-9-22/h3-4,6,11,13-14,27H,1-2,7-9,12,15,23H2. The van der Waals surface area contributed by atoms with Crippen molar-refractivity contribution in [3.05, 3.63) is 53.3 Å². The van der Waals surface area contributed by atoms with Gasteiger partial charge in [-0.05, 0) is 61.9 Å². The maximum atomic E-state index is 11.9. The van der Waals surface area contributed by atoms with E-state index in [9.17, 15) is 9.90 Å². The van der Waals surface area contributed by atoms with Crippen LogP contribution in [0.25, 0.3) is 0 Å². The second-order valence-electron chi connectivity index (χ2n) is 7.26. The highest BCUT2D eigenvalue weighted by Crippen LogP contribution is 2.35. The molecule has 2 aliphatic rings. The van der Waals surface area contributed by atoms with Crippen LogP contribution in [0.2, 0.25) is 0 Å². The predicted molar refractivity (Wildman–Crippen MR) is 105 cm³/mol. The van der Waals surface area contributed by atoms with Gasteiger partial charge in [-0.15, -0.1) is 0 Å². The minimum absolute atomic E-state index is 0.0459. The van der Waals surface area contributed by atoms with Gasteiger partial charge < -0.3 is 15.7 Å². The van der Waals surface area contributed by atoms with Crippen molar-refractivity contribution in [3.63, 3.8) is 0 Å². The third-order valence-corrected chi connectivity index (χ3v) is 5.38. The summed E-state index contributed by atoms with van der Waals surface area (Å²) in [6, 6.07) is 9.89. The largest absolute Gasteiger partial charge is 0.378 e. The summed E-state index contributed by atoms with van der Waals surface area (Å²) in [5, 5.41) is 10.4. The first-order chi connectivity index (χ1) is 13.1. The Kier molecular flexibility index (Phi) is 4.69. The lowest BCUT2D eigenvalue weighted by Gasteiger charge is -2.20. The van der Waals surface area contributed by atoms with Crippen molar-refractivity contribution >= 4 is 17.2 Å². The highest BCUT2D eigenvalue weighted by atomic mass is 16.3. The molecular formula is C22H23N3O2. The van der Waals surface area contributed by atoms with Gasteiger partial charge in [-0.1, -0.05) is 17.9 Å². The number of aromatic nitrogens is 1. The average molecular weight is 361 g/mol. The van der Waals surface area contributed by atoms with Crippen molar-refractivity contribution in [3.8, 4) is 11.8 Å². The maximum absolute atomic E-state index is 11.9. The van der Waals surface area contributed by atoms with E-state index in [1.54, 1.807) is 12.3 Å². The van der Waals surface area contributed by atoms with E-state index in [1.807, 2.05) is 12.1 Å². The molecule has 0 spiro atoms. The topological polar surface area (TPSA) is 79.5 Å². The molecule has 1 fully saturated rings. The van der Waals surface area contributed by atoms with Crippen LogP contribution in [0, 0.1) is 11.8 Å². The Morgan fingerprint density at radius 2 is 2.07 bits per heavy atom. The fourth-order valence-electron chi connectivity index (χ4n) is 3.84. The van der Waals surface area contributed by atoms with Crippen molar-refractivity contribution in [2.45, 2.75) is 37.7 Å².